The van der Waals surface area contributed by atoms with Crippen LogP contribution in [0, 0.1) is 5.82 Å². The zero-order valence-electron chi connectivity index (χ0n) is 12.5. The van der Waals surface area contributed by atoms with Gasteiger partial charge in [0.05, 0.1) is 12.4 Å². The number of hydrogen-bond acceptors (Lipinski definition) is 6. The molecular weight excluding hydrogens is 283 g/mol. The summed E-state index contributed by atoms with van der Waals surface area (Å²) < 4.78 is 12.7. The van der Waals surface area contributed by atoms with Crippen molar-refractivity contribution in [2.24, 2.45) is 0 Å². The number of rotatable bonds is 4. The van der Waals surface area contributed by atoms with Gasteiger partial charge in [-0.05, 0) is 18.7 Å². The molecule has 6 nitrogen and oxygen atoms in total. The fourth-order valence-electron chi connectivity index (χ4n) is 2.35. The Bertz CT molecular complexity index is 592. The van der Waals surface area contributed by atoms with Crippen LogP contribution in [0.5, 0.6) is 0 Å². The SMILES string of the molecule is CN1CCN(Cc2ccc(Nc3ncc(F)cn3)nc2)CC1. The standard InChI is InChI=1S/C15H19FN6/c1-21-4-6-22(7-5-21)11-12-2-3-14(17-8-12)20-15-18-9-13(16)10-19-15/h2-3,8-10H,4-7,11H2,1H3,(H,17,18,19,20). The van der Waals surface area contributed by atoms with Gasteiger partial charge in [0.2, 0.25) is 5.95 Å². The van der Waals surface area contributed by atoms with E-state index in [0.29, 0.717) is 11.8 Å². The monoisotopic (exact) mass is 302 g/mol. The van der Waals surface area contributed by atoms with Crippen molar-refractivity contribution in [2.75, 3.05) is 38.5 Å². The van der Waals surface area contributed by atoms with Crippen LogP contribution in [0.3, 0.4) is 0 Å². The Morgan fingerprint density at radius 1 is 1.05 bits per heavy atom. The van der Waals surface area contributed by atoms with E-state index in [2.05, 4.69) is 37.1 Å². The van der Waals surface area contributed by atoms with Crippen molar-refractivity contribution in [1.29, 1.82) is 0 Å². The van der Waals surface area contributed by atoms with Crippen molar-refractivity contribution >= 4 is 11.8 Å². The molecule has 7 heteroatoms. The molecule has 1 aliphatic heterocycles. The number of pyridine rings is 1. The van der Waals surface area contributed by atoms with Gasteiger partial charge < -0.3 is 10.2 Å². The second-order valence-corrected chi connectivity index (χ2v) is 5.48. The Hall–Kier alpha value is -2.12. The molecule has 0 atom stereocenters. The minimum absolute atomic E-state index is 0.334. The Labute approximate surface area is 129 Å². The van der Waals surface area contributed by atoms with E-state index in [-0.39, 0.29) is 0 Å². The summed E-state index contributed by atoms with van der Waals surface area (Å²) in [4.78, 5) is 16.8. The molecule has 1 aliphatic rings. The molecule has 3 heterocycles. The van der Waals surface area contributed by atoms with Gasteiger partial charge in [0.15, 0.2) is 5.82 Å². The molecule has 1 N–H and O–H groups in total. The smallest absolute Gasteiger partial charge is 0.228 e. The van der Waals surface area contributed by atoms with E-state index in [9.17, 15) is 4.39 Å². The van der Waals surface area contributed by atoms with Crippen LogP contribution in [0.1, 0.15) is 5.56 Å². The van der Waals surface area contributed by atoms with E-state index in [1.54, 1.807) is 0 Å². The first-order chi connectivity index (χ1) is 10.7. The van der Waals surface area contributed by atoms with Crippen LogP contribution in [0.4, 0.5) is 16.2 Å². The Morgan fingerprint density at radius 2 is 1.77 bits per heavy atom. The molecule has 22 heavy (non-hydrogen) atoms. The molecule has 2 aromatic heterocycles. The van der Waals surface area contributed by atoms with Crippen LogP contribution >= 0.6 is 0 Å². The molecule has 0 saturated carbocycles. The highest BCUT2D eigenvalue weighted by atomic mass is 19.1. The first-order valence-corrected chi connectivity index (χ1v) is 7.29. The maximum atomic E-state index is 12.7. The molecule has 0 radical (unpaired) electrons. The van der Waals surface area contributed by atoms with Crippen LogP contribution in [-0.4, -0.2) is 58.0 Å². The number of anilines is 2. The summed E-state index contributed by atoms with van der Waals surface area (Å²) in [6.45, 7) is 5.29. The molecule has 0 spiro atoms. The third-order valence-electron chi connectivity index (χ3n) is 3.69. The lowest BCUT2D eigenvalue weighted by Gasteiger charge is -2.32. The summed E-state index contributed by atoms with van der Waals surface area (Å²) in [7, 11) is 2.15. The number of hydrogen-bond donors (Lipinski definition) is 1. The van der Waals surface area contributed by atoms with Crippen molar-refractivity contribution in [1.82, 2.24) is 24.8 Å². The van der Waals surface area contributed by atoms with Crippen molar-refractivity contribution in [2.45, 2.75) is 6.54 Å². The predicted molar refractivity (Wildman–Crippen MR) is 82.3 cm³/mol. The van der Waals surface area contributed by atoms with Gasteiger partial charge in [0.1, 0.15) is 5.82 Å². The second-order valence-electron chi connectivity index (χ2n) is 5.48. The van der Waals surface area contributed by atoms with Gasteiger partial charge in [-0.3, -0.25) is 4.90 Å². The molecule has 0 bridgehead atoms. The van der Waals surface area contributed by atoms with Gasteiger partial charge in [-0.15, -0.1) is 0 Å². The van der Waals surface area contributed by atoms with Crippen molar-refractivity contribution in [3.05, 3.63) is 42.1 Å². The van der Waals surface area contributed by atoms with Gasteiger partial charge in [0, 0.05) is 38.9 Å². The van der Waals surface area contributed by atoms with E-state index < -0.39 is 5.82 Å². The summed E-state index contributed by atoms with van der Waals surface area (Å²) in [6.07, 6.45) is 4.10. The van der Waals surface area contributed by atoms with Gasteiger partial charge in [-0.1, -0.05) is 6.07 Å². The van der Waals surface area contributed by atoms with Crippen LogP contribution in [0.15, 0.2) is 30.7 Å². The molecule has 0 aliphatic carbocycles. The third-order valence-corrected chi connectivity index (χ3v) is 3.69. The molecule has 0 unspecified atom stereocenters. The van der Waals surface area contributed by atoms with E-state index >= 15 is 0 Å². The predicted octanol–water partition coefficient (Wildman–Crippen LogP) is 1.50. The summed E-state index contributed by atoms with van der Waals surface area (Å²) in [5.74, 6) is 0.524. The van der Waals surface area contributed by atoms with Gasteiger partial charge in [0.25, 0.3) is 0 Å². The van der Waals surface area contributed by atoms with Crippen LogP contribution in [0.2, 0.25) is 0 Å². The highest BCUT2D eigenvalue weighted by molar-refractivity contribution is 5.47. The van der Waals surface area contributed by atoms with Crippen molar-refractivity contribution in [3.8, 4) is 0 Å². The lowest BCUT2D eigenvalue weighted by atomic mass is 10.2. The number of aromatic nitrogens is 3. The zero-order chi connectivity index (χ0) is 15.4. The van der Waals surface area contributed by atoms with E-state index in [0.717, 1.165) is 45.1 Å². The molecular formula is C15H19FN6. The van der Waals surface area contributed by atoms with Gasteiger partial charge >= 0.3 is 0 Å². The van der Waals surface area contributed by atoms with Crippen molar-refractivity contribution in [3.63, 3.8) is 0 Å². The number of nitrogens with zero attached hydrogens (tertiary/aromatic N) is 5. The van der Waals surface area contributed by atoms with Gasteiger partial charge in [-0.2, -0.15) is 0 Å². The molecule has 3 rings (SSSR count). The molecule has 0 aromatic carbocycles. The second kappa shape index (κ2) is 6.76. The van der Waals surface area contributed by atoms with Crippen LogP contribution in [0.25, 0.3) is 0 Å². The molecule has 2 aromatic rings. The minimum atomic E-state index is -0.457. The number of piperazine rings is 1. The zero-order valence-corrected chi connectivity index (χ0v) is 12.5. The van der Waals surface area contributed by atoms with E-state index in [1.807, 2.05) is 18.3 Å². The first-order valence-electron chi connectivity index (χ1n) is 7.29. The number of likely N-dealkylation sites (N-methyl/N-ethyl adjacent to an activating group) is 1. The fourth-order valence-corrected chi connectivity index (χ4v) is 2.35. The maximum Gasteiger partial charge on any atom is 0.228 e. The van der Waals surface area contributed by atoms with Gasteiger partial charge in [-0.25, -0.2) is 19.3 Å². The highest BCUT2D eigenvalue weighted by Crippen LogP contribution is 2.12. The van der Waals surface area contributed by atoms with E-state index in [1.165, 1.54) is 5.56 Å². The topological polar surface area (TPSA) is 57.2 Å². The Balaban J connectivity index is 1.57. The summed E-state index contributed by atoms with van der Waals surface area (Å²) in [5.41, 5.74) is 1.18. The lowest BCUT2D eigenvalue weighted by Crippen LogP contribution is -2.43. The number of nitrogens with one attached hydrogen (secondary N) is 1. The highest BCUT2D eigenvalue weighted by Gasteiger charge is 2.13. The molecule has 116 valence electrons. The quantitative estimate of drug-likeness (QED) is 0.924. The lowest BCUT2D eigenvalue weighted by molar-refractivity contribution is 0.148. The average Bonchev–Trinajstić information content (AvgIpc) is 2.54. The van der Waals surface area contributed by atoms with E-state index in [4.69, 9.17) is 0 Å². The first kappa shape index (κ1) is 14.8. The molecule has 1 saturated heterocycles. The Kier molecular flexibility index (Phi) is 4.55. The third kappa shape index (κ3) is 3.96. The Morgan fingerprint density at radius 3 is 2.41 bits per heavy atom. The summed E-state index contributed by atoms with van der Waals surface area (Å²) >= 11 is 0. The molecule has 1 fully saturated rings. The maximum absolute atomic E-state index is 12.7. The number of halogens is 1. The van der Waals surface area contributed by atoms with Crippen LogP contribution < -0.4 is 5.32 Å². The fraction of sp³-hybridized carbons (Fsp3) is 0.400. The summed E-state index contributed by atoms with van der Waals surface area (Å²) in [6, 6.07) is 3.93. The average molecular weight is 302 g/mol. The largest absolute Gasteiger partial charge is 0.309 e. The minimum Gasteiger partial charge on any atom is -0.309 e. The van der Waals surface area contributed by atoms with Crippen LogP contribution in [-0.2, 0) is 6.54 Å². The van der Waals surface area contributed by atoms with Crippen molar-refractivity contribution < 1.29 is 4.39 Å². The summed E-state index contributed by atoms with van der Waals surface area (Å²) in [5, 5.41) is 2.95. The molecule has 0 amide bonds. The normalized spacial score (nSPS) is 16.6.